The molecule has 2 rings (SSSR count). The van der Waals surface area contributed by atoms with E-state index in [1.54, 1.807) is 12.1 Å². The number of halogens is 1. The zero-order valence-corrected chi connectivity index (χ0v) is 15.1. The summed E-state index contributed by atoms with van der Waals surface area (Å²) in [5, 5.41) is 3.09. The van der Waals surface area contributed by atoms with Gasteiger partial charge in [0, 0.05) is 45.2 Å². The molecule has 0 radical (unpaired) electrons. The van der Waals surface area contributed by atoms with Crippen LogP contribution in [0.15, 0.2) is 24.3 Å². The fourth-order valence-electron chi connectivity index (χ4n) is 3.16. The molecule has 0 saturated carbocycles. The quantitative estimate of drug-likeness (QED) is 0.829. The largest absolute Gasteiger partial charge is 0.355 e. The van der Waals surface area contributed by atoms with Crippen LogP contribution in [0.3, 0.4) is 0 Å². The lowest BCUT2D eigenvalue weighted by Crippen LogP contribution is -2.54. The molecule has 0 aromatic heterocycles. The lowest BCUT2D eigenvalue weighted by Gasteiger charge is -2.39. The number of benzene rings is 1. The van der Waals surface area contributed by atoms with Gasteiger partial charge in [-0.05, 0) is 37.1 Å². The van der Waals surface area contributed by atoms with Gasteiger partial charge in [-0.3, -0.25) is 9.69 Å². The monoisotopic (exact) mass is 335 g/mol. The Balaban J connectivity index is 1.76. The number of piperazine rings is 1. The number of nitrogens with one attached hydrogen (secondary N) is 1. The Kier molecular flexibility index (Phi) is 7.18. The van der Waals surface area contributed by atoms with Gasteiger partial charge in [0.05, 0.1) is 0 Å². The van der Waals surface area contributed by atoms with Crippen molar-refractivity contribution in [2.45, 2.75) is 32.7 Å². The number of aryl methyl sites for hydroxylation is 1. The van der Waals surface area contributed by atoms with Crippen LogP contribution < -0.4 is 5.32 Å². The molecular weight excluding hydrogens is 305 g/mol. The Morgan fingerprint density at radius 3 is 2.38 bits per heavy atom. The molecule has 0 unspecified atom stereocenters. The number of hydrogen-bond donors (Lipinski definition) is 1. The number of carbonyl (C=O) groups is 1. The van der Waals surface area contributed by atoms with Crippen LogP contribution >= 0.6 is 0 Å². The summed E-state index contributed by atoms with van der Waals surface area (Å²) in [4.78, 5) is 17.0. The second kappa shape index (κ2) is 9.14. The van der Waals surface area contributed by atoms with E-state index in [4.69, 9.17) is 0 Å². The predicted octanol–water partition coefficient (Wildman–Crippen LogP) is 2.15. The van der Waals surface area contributed by atoms with Crippen molar-refractivity contribution in [1.82, 2.24) is 15.1 Å². The summed E-state index contributed by atoms with van der Waals surface area (Å²) in [5.41, 5.74) is 0.992. The van der Waals surface area contributed by atoms with Gasteiger partial charge in [-0.25, -0.2) is 4.39 Å². The van der Waals surface area contributed by atoms with Crippen molar-refractivity contribution in [3.05, 3.63) is 35.6 Å². The molecule has 1 aliphatic heterocycles. The maximum Gasteiger partial charge on any atom is 0.220 e. The summed E-state index contributed by atoms with van der Waals surface area (Å²) in [6.07, 6.45) is 1.09. The van der Waals surface area contributed by atoms with Crippen molar-refractivity contribution in [3.63, 3.8) is 0 Å². The second-order valence-electron chi connectivity index (χ2n) is 7.08. The SMILES string of the molecule is CC(C)[C@@H](CNC(=O)CCc1ccc(F)cc1)N1CCN(C)CC1. The molecule has 5 heteroatoms. The smallest absolute Gasteiger partial charge is 0.220 e. The highest BCUT2D eigenvalue weighted by Gasteiger charge is 2.25. The first-order valence-electron chi connectivity index (χ1n) is 8.89. The van der Waals surface area contributed by atoms with E-state index in [2.05, 4.69) is 36.0 Å². The molecule has 1 fully saturated rings. The third-order valence-corrected chi connectivity index (χ3v) is 4.84. The fraction of sp³-hybridized carbons (Fsp3) is 0.632. The van der Waals surface area contributed by atoms with Crippen molar-refractivity contribution in [1.29, 1.82) is 0 Å². The molecule has 1 aromatic rings. The zero-order valence-electron chi connectivity index (χ0n) is 15.1. The molecule has 1 amide bonds. The van der Waals surface area contributed by atoms with E-state index in [9.17, 15) is 9.18 Å². The van der Waals surface area contributed by atoms with Crippen molar-refractivity contribution < 1.29 is 9.18 Å². The Hall–Kier alpha value is -1.46. The molecule has 24 heavy (non-hydrogen) atoms. The van der Waals surface area contributed by atoms with Gasteiger partial charge in [-0.2, -0.15) is 0 Å². The first kappa shape index (κ1) is 18.9. The summed E-state index contributed by atoms with van der Waals surface area (Å²) in [6, 6.07) is 6.74. The molecule has 1 aliphatic rings. The molecule has 1 aromatic carbocycles. The van der Waals surface area contributed by atoms with Crippen LogP contribution in [0.4, 0.5) is 4.39 Å². The maximum absolute atomic E-state index is 12.9. The molecular formula is C19H30FN3O. The third kappa shape index (κ3) is 5.87. The third-order valence-electron chi connectivity index (χ3n) is 4.84. The highest BCUT2D eigenvalue weighted by atomic mass is 19.1. The van der Waals surface area contributed by atoms with Crippen molar-refractivity contribution in [2.24, 2.45) is 5.92 Å². The Morgan fingerprint density at radius 1 is 1.17 bits per heavy atom. The average Bonchev–Trinajstić information content (AvgIpc) is 2.56. The lowest BCUT2D eigenvalue weighted by molar-refractivity contribution is -0.121. The van der Waals surface area contributed by atoms with Crippen LogP contribution in [-0.2, 0) is 11.2 Å². The molecule has 4 nitrogen and oxygen atoms in total. The molecule has 0 aliphatic carbocycles. The standard InChI is InChI=1S/C19H30FN3O/c1-15(2)18(23-12-10-22(3)11-13-23)14-21-19(24)9-6-16-4-7-17(20)8-5-16/h4-5,7-8,15,18H,6,9-14H2,1-3H3,(H,21,24)/t18-/m1/s1. The summed E-state index contributed by atoms with van der Waals surface area (Å²) in [6.45, 7) is 9.42. The van der Waals surface area contributed by atoms with Crippen LogP contribution in [-0.4, -0.2) is 61.5 Å². The highest BCUT2D eigenvalue weighted by Crippen LogP contribution is 2.13. The normalized spacial score (nSPS) is 17.9. The predicted molar refractivity (Wildman–Crippen MR) is 95.4 cm³/mol. The van der Waals surface area contributed by atoms with Crippen LogP contribution in [0, 0.1) is 11.7 Å². The molecule has 1 atom stereocenters. The zero-order chi connectivity index (χ0) is 17.5. The summed E-state index contributed by atoms with van der Waals surface area (Å²) < 4.78 is 12.9. The van der Waals surface area contributed by atoms with Crippen molar-refractivity contribution in [3.8, 4) is 0 Å². The van der Waals surface area contributed by atoms with Gasteiger partial charge in [0.25, 0.3) is 0 Å². The Morgan fingerprint density at radius 2 is 1.79 bits per heavy atom. The van der Waals surface area contributed by atoms with Gasteiger partial charge >= 0.3 is 0 Å². The number of nitrogens with zero attached hydrogens (tertiary/aromatic N) is 2. The molecule has 1 heterocycles. The van der Waals surface area contributed by atoms with Gasteiger partial charge in [0.1, 0.15) is 5.82 Å². The van der Waals surface area contributed by atoms with Gasteiger partial charge in [-0.1, -0.05) is 26.0 Å². The topological polar surface area (TPSA) is 35.6 Å². The summed E-state index contributed by atoms with van der Waals surface area (Å²) in [5.74, 6) is 0.333. The van der Waals surface area contributed by atoms with Gasteiger partial charge in [0.15, 0.2) is 0 Å². The van der Waals surface area contributed by atoms with E-state index in [0.29, 0.717) is 31.3 Å². The van der Waals surface area contributed by atoms with E-state index >= 15 is 0 Å². The van der Waals surface area contributed by atoms with Gasteiger partial charge in [-0.15, -0.1) is 0 Å². The van der Waals surface area contributed by atoms with Crippen molar-refractivity contribution in [2.75, 3.05) is 39.8 Å². The number of rotatable bonds is 7. The van der Waals surface area contributed by atoms with Gasteiger partial charge in [0.2, 0.25) is 5.91 Å². The first-order chi connectivity index (χ1) is 11.5. The van der Waals surface area contributed by atoms with Crippen molar-refractivity contribution >= 4 is 5.91 Å². The molecule has 0 spiro atoms. The Labute approximate surface area is 145 Å². The van der Waals surface area contributed by atoms with Crippen LogP contribution in [0.2, 0.25) is 0 Å². The minimum absolute atomic E-state index is 0.0686. The molecule has 1 N–H and O–H groups in total. The fourth-order valence-corrected chi connectivity index (χ4v) is 3.16. The highest BCUT2D eigenvalue weighted by molar-refractivity contribution is 5.76. The lowest BCUT2D eigenvalue weighted by atomic mass is 10.0. The van der Waals surface area contributed by atoms with Crippen LogP contribution in [0.1, 0.15) is 25.8 Å². The number of carbonyl (C=O) groups excluding carboxylic acids is 1. The van der Waals surface area contributed by atoms with Crippen LogP contribution in [0.25, 0.3) is 0 Å². The summed E-state index contributed by atoms with van der Waals surface area (Å²) in [7, 11) is 2.15. The number of hydrogen-bond acceptors (Lipinski definition) is 3. The minimum atomic E-state index is -0.241. The summed E-state index contributed by atoms with van der Waals surface area (Å²) >= 11 is 0. The molecule has 1 saturated heterocycles. The second-order valence-corrected chi connectivity index (χ2v) is 7.08. The van der Waals surface area contributed by atoms with E-state index < -0.39 is 0 Å². The van der Waals surface area contributed by atoms with E-state index in [1.165, 1.54) is 12.1 Å². The first-order valence-corrected chi connectivity index (χ1v) is 8.89. The maximum atomic E-state index is 12.9. The minimum Gasteiger partial charge on any atom is -0.355 e. The van der Waals surface area contributed by atoms with E-state index in [1.807, 2.05) is 0 Å². The van der Waals surface area contributed by atoms with Gasteiger partial charge < -0.3 is 10.2 Å². The number of likely N-dealkylation sites (N-methyl/N-ethyl adjacent to an activating group) is 1. The van der Waals surface area contributed by atoms with Crippen LogP contribution in [0.5, 0.6) is 0 Å². The number of amides is 1. The molecule has 0 bridgehead atoms. The molecule has 134 valence electrons. The van der Waals surface area contributed by atoms with E-state index in [0.717, 1.165) is 31.7 Å². The van der Waals surface area contributed by atoms with E-state index in [-0.39, 0.29) is 11.7 Å². The average molecular weight is 335 g/mol. The Bertz CT molecular complexity index is 510.